The number of nitrogens with one attached hydrogen (secondary N) is 2. The summed E-state index contributed by atoms with van der Waals surface area (Å²) in [7, 11) is 1.82. The molecule has 1 unspecified atom stereocenters. The Labute approximate surface area is 145 Å². The number of nitrogens with zero attached hydrogens (tertiary/aromatic N) is 2. The summed E-state index contributed by atoms with van der Waals surface area (Å²) < 4.78 is 0. The smallest absolute Gasteiger partial charge is 0.191 e. The lowest BCUT2D eigenvalue weighted by atomic mass is 10.1. The fourth-order valence-corrected chi connectivity index (χ4v) is 2.73. The second-order valence-corrected chi connectivity index (χ2v) is 5.30. The first-order valence-electron chi connectivity index (χ1n) is 7.55. The summed E-state index contributed by atoms with van der Waals surface area (Å²) in [4.78, 5) is 6.71. The van der Waals surface area contributed by atoms with Gasteiger partial charge in [0.1, 0.15) is 0 Å². The largest absolute Gasteiger partial charge is 0.367 e. The van der Waals surface area contributed by atoms with Gasteiger partial charge in [-0.15, -0.1) is 24.0 Å². The Balaban J connectivity index is 0.00000220. The Morgan fingerprint density at radius 1 is 1.29 bits per heavy atom. The highest BCUT2D eigenvalue weighted by Gasteiger charge is 2.24. The molecular weight excluding hydrogens is 375 g/mol. The molecule has 21 heavy (non-hydrogen) atoms. The second-order valence-electron chi connectivity index (χ2n) is 5.30. The molecular formula is C16H27IN4. The van der Waals surface area contributed by atoms with Crippen LogP contribution >= 0.6 is 24.0 Å². The first-order valence-corrected chi connectivity index (χ1v) is 7.55. The van der Waals surface area contributed by atoms with Crippen LogP contribution in [0.15, 0.2) is 29.3 Å². The van der Waals surface area contributed by atoms with E-state index in [0.717, 1.165) is 38.4 Å². The van der Waals surface area contributed by atoms with Gasteiger partial charge in [-0.3, -0.25) is 4.99 Å². The Morgan fingerprint density at radius 2 is 2.00 bits per heavy atom. The van der Waals surface area contributed by atoms with Crippen molar-refractivity contribution in [3.63, 3.8) is 0 Å². The molecule has 1 aliphatic heterocycles. The van der Waals surface area contributed by atoms with Crippen molar-refractivity contribution in [3.8, 4) is 0 Å². The van der Waals surface area contributed by atoms with E-state index in [1.54, 1.807) is 0 Å². The highest BCUT2D eigenvalue weighted by molar-refractivity contribution is 14.0. The quantitative estimate of drug-likeness (QED) is 0.452. The maximum Gasteiger partial charge on any atom is 0.191 e. The van der Waals surface area contributed by atoms with E-state index >= 15 is 0 Å². The molecule has 0 amide bonds. The van der Waals surface area contributed by atoms with Gasteiger partial charge in [0.15, 0.2) is 5.96 Å². The average Bonchev–Trinajstić information content (AvgIpc) is 2.78. The summed E-state index contributed by atoms with van der Waals surface area (Å²) in [5.41, 5.74) is 2.85. The molecule has 0 saturated heterocycles. The normalized spacial score (nSPS) is 17.2. The minimum atomic E-state index is 0. The maximum absolute atomic E-state index is 4.23. The highest BCUT2D eigenvalue weighted by atomic mass is 127. The summed E-state index contributed by atoms with van der Waals surface area (Å²) in [6.07, 6.45) is 2.26. The van der Waals surface area contributed by atoms with E-state index in [0.29, 0.717) is 6.04 Å². The SMILES string of the molecule is CCCNC(=NC)NCCN1c2ccccc2CC1C.I. The van der Waals surface area contributed by atoms with Crippen molar-refractivity contribution in [3.05, 3.63) is 29.8 Å². The minimum absolute atomic E-state index is 0. The molecule has 1 aromatic rings. The zero-order valence-electron chi connectivity index (χ0n) is 13.2. The van der Waals surface area contributed by atoms with Gasteiger partial charge in [-0.25, -0.2) is 0 Å². The number of anilines is 1. The van der Waals surface area contributed by atoms with Crippen LogP contribution in [0.1, 0.15) is 25.8 Å². The van der Waals surface area contributed by atoms with Gasteiger partial charge >= 0.3 is 0 Å². The highest BCUT2D eigenvalue weighted by Crippen LogP contribution is 2.30. The third-order valence-corrected chi connectivity index (χ3v) is 3.76. The third kappa shape index (κ3) is 4.76. The summed E-state index contributed by atoms with van der Waals surface area (Å²) in [6.45, 7) is 7.32. The van der Waals surface area contributed by atoms with Crippen LogP contribution in [0.2, 0.25) is 0 Å². The van der Waals surface area contributed by atoms with Crippen molar-refractivity contribution in [2.45, 2.75) is 32.7 Å². The molecule has 118 valence electrons. The molecule has 0 aromatic heterocycles. The predicted molar refractivity (Wildman–Crippen MR) is 102 cm³/mol. The number of aliphatic imine (C=N–C) groups is 1. The molecule has 0 radical (unpaired) electrons. The Kier molecular flexibility index (Phi) is 7.85. The lowest BCUT2D eigenvalue weighted by Gasteiger charge is -2.25. The van der Waals surface area contributed by atoms with E-state index in [-0.39, 0.29) is 24.0 Å². The molecule has 1 aliphatic rings. The number of para-hydroxylation sites is 1. The van der Waals surface area contributed by atoms with Gasteiger partial charge in [0.2, 0.25) is 0 Å². The van der Waals surface area contributed by atoms with E-state index in [1.807, 2.05) is 7.05 Å². The van der Waals surface area contributed by atoms with Crippen molar-refractivity contribution in [2.24, 2.45) is 4.99 Å². The molecule has 4 nitrogen and oxygen atoms in total. The predicted octanol–water partition coefficient (Wildman–Crippen LogP) is 2.63. The molecule has 0 spiro atoms. The topological polar surface area (TPSA) is 39.7 Å². The fourth-order valence-electron chi connectivity index (χ4n) is 2.73. The summed E-state index contributed by atoms with van der Waals surface area (Å²) >= 11 is 0. The molecule has 0 aliphatic carbocycles. The second kappa shape index (κ2) is 9.12. The number of halogens is 1. The van der Waals surface area contributed by atoms with Gasteiger partial charge in [-0.05, 0) is 31.4 Å². The van der Waals surface area contributed by atoms with Gasteiger partial charge in [0, 0.05) is 38.4 Å². The van der Waals surface area contributed by atoms with Crippen molar-refractivity contribution in [1.82, 2.24) is 10.6 Å². The van der Waals surface area contributed by atoms with Crippen LogP contribution in [-0.4, -0.2) is 38.7 Å². The summed E-state index contributed by atoms with van der Waals surface area (Å²) in [6, 6.07) is 9.30. The zero-order valence-corrected chi connectivity index (χ0v) is 15.6. The van der Waals surface area contributed by atoms with Gasteiger partial charge in [0.05, 0.1) is 0 Å². The Morgan fingerprint density at radius 3 is 2.71 bits per heavy atom. The summed E-state index contributed by atoms with van der Waals surface area (Å²) in [5.74, 6) is 0.895. The number of rotatable bonds is 5. The number of hydrogen-bond acceptors (Lipinski definition) is 2. The Bertz CT molecular complexity index is 461. The van der Waals surface area contributed by atoms with E-state index in [4.69, 9.17) is 0 Å². The van der Waals surface area contributed by atoms with Crippen molar-refractivity contribution in [1.29, 1.82) is 0 Å². The zero-order chi connectivity index (χ0) is 14.4. The van der Waals surface area contributed by atoms with Gasteiger partial charge < -0.3 is 15.5 Å². The van der Waals surface area contributed by atoms with Crippen molar-refractivity contribution < 1.29 is 0 Å². The van der Waals surface area contributed by atoms with Crippen molar-refractivity contribution >= 4 is 35.6 Å². The maximum atomic E-state index is 4.23. The molecule has 1 atom stereocenters. The van der Waals surface area contributed by atoms with Gasteiger partial charge in [-0.1, -0.05) is 25.1 Å². The molecule has 2 rings (SSSR count). The summed E-state index contributed by atoms with van der Waals surface area (Å²) in [5, 5.41) is 6.67. The number of fused-ring (bicyclic) bond motifs is 1. The van der Waals surface area contributed by atoms with Crippen molar-refractivity contribution in [2.75, 3.05) is 31.6 Å². The first kappa shape index (κ1) is 18.1. The number of guanidine groups is 1. The molecule has 0 saturated carbocycles. The van der Waals surface area contributed by atoms with Crippen LogP contribution in [0, 0.1) is 0 Å². The third-order valence-electron chi connectivity index (χ3n) is 3.76. The molecule has 2 N–H and O–H groups in total. The standard InChI is InChI=1S/C16H26N4.HI/c1-4-9-18-16(17-3)19-10-11-20-13(2)12-14-7-5-6-8-15(14)20;/h5-8,13H,4,9-12H2,1-3H3,(H2,17,18,19);1H. The molecule has 1 aromatic carbocycles. The van der Waals surface area contributed by atoms with E-state index in [1.165, 1.54) is 11.3 Å². The van der Waals surface area contributed by atoms with E-state index in [9.17, 15) is 0 Å². The lowest BCUT2D eigenvalue weighted by molar-refractivity contribution is 0.656. The average molecular weight is 402 g/mol. The van der Waals surface area contributed by atoms with Gasteiger partial charge in [-0.2, -0.15) is 0 Å². The van der Waals surface area contributed by atoms with Crippen LogP contribution < -0.4 is 15.5 Å². The van der Waals surface area contributed by atoms with E-state index in [2.05, 4.69) is 58.6 Å². The minimum Gasteiger partial charge on any atom is -0.367 e. The number of benzene rings is 1. The van der Waals surface area contributed by atoms with Crippen LogP contribution in [0.5, 0.6) is 0 Å². The van der Waals surface area contributed by atoms with Crippen LogP contribution in [-0.2, 0) is 6.42 Å². The first-order chi connectivity index (χ1) is 9.76. The number of hydrogen-bond donors (Lipinski definition) is 2. The Hall–Kier alpha value is -0.980. The van der Waals surface area contributed by atoms with Gasteiger partial charge in [0.25, 0.3) is 0 Å². The fraction of sp³-hybridized carbons (Fsp3) is 0.562. The van der Waals surface area contributed by atoms with Crippen LogP contribution in [0.25, 0.3) is 0 Å². The molecule has 0 bridgehead atoms. The monoisotopic (exact) mass is 402 g/mol. The molecule has 1 heterocycles. The van der Waals surface area contributed by atoms with Crippen LogP contribution in [0.3, 0.4) is 0 Å². The van der Waals surface area contributed by atoms with E-state index < -0.39 is 0 Å². The molecule has 0 fully saturated rings. The van der Waals surface area contributed by atoms with Crippen LogP contribution in [0.4, 0.5) is 5.69 Å². The lowest BCUT2D eigenvalue weighted by Crippen LogP contribution is -2.43. The molecule has 5 heteroatoms.